The molecule has 3 rings (SSSR count). The first kappa shape index (κ1) is 19.3. The molecule has 7 nitrogen and oxygen atoms in total. The predicted molar refractivity (Wildman–Crippen MR) is 104 cm³/mol. The molecule has 1 heterocycles. The van der Waals surface area contributed by atoms with Gasteiger partial charge in [-0.2, -0.15) is 0 Å². The van der Waals surface area contributed by atoms with Crippen molar-refractivity contribution in [1.29, 1.82) is 0 Å². The van der Waals surface area contributed by atoms with E-state index >= 15 is 0 Å². The summed E-state index contributed by atoms with van der Waals surface area (Å²) in [6, 6.07) is 10.3. The minimum Gasteiger partial charge on any atom is -0.486 e. The maximum atomic E-state index is 12.7. The third-order valence-electron chi connectivity index (χ3n) is 3.98. The zero-order chi connectivity index (χ0) is 19.6. The van der Waals surface area contributed by atoms with E-state index in [0.29, 0.717) is 41.1 Å². The van der Waals surface area contributed by atoms with Crippen molar-refractivity contribution in [3.05, 3.63) is 47.5 Å². The summed E-state index contributed by atoms with van der Waals surface area (Å²) in [5.41, 5.74) is 0.840. The molecule has 9 heteroatoms. The second-order valence-electron chi connectivity index (χ2n) is 6.06. The number of nitrogens with zero attached hydrogens (tertiary/aromatic N) is 1. The van der Waals surface area contributed by atoms with E-state index in [4.69, 9.17) is 21.1 Å². The van der Waals surface area contributed by atoms with Gasteiger partial charge in [-0.3, -0.25) is 9.10 Å². The van der Waals surface area contributed by atoms with Crippen LogP contribution in [0.4, 0.5) is 11.4 Å². The highest BCUT2D eigenvalue weighted by Gasteiger charge is 2.29. The minimum atomic E-state index is -3.70. The summed E-state index contributed by atoms with van der Waals surface area (Å²) in [6.07, 6.45) is 1.05. The summed E-state index contributed by atoms with van der Waals surface area (Å²) >= 11 is 5.87. The van der Waals surface area contributed by atoms with Crippen molar-refractivity contribution in [2.24, 2.45) is 0 Å². The van der Waals surface area contributed by atoms with Gasteiger partial charge in [0.2, 0.25) is 15.9 Å². The number of anilines is 2. The monoisotopic (exact) mass is 410 g/mol. The van der Waals surface area contributed by atoms with Crippen LogP contribution in [-0.2, 0) is 14.8 Å². The van der Waals surface area contributed by atoms with Gasteiger partial charge in [0.1, 0.15) is 19.3 Å². The summed E-state index contributed by atoms with van der Waals surface area (Å²) in [5, 5.41) is 3.19. The Labute approximate surface area is 162 Å². The summed E-state index contributed by atoms with van der Waals surface area (Å²) in [5.74, 6) is 0.655. The number of amides is 1. The number of nitrogens with one attached hydrogen (secondary N) is 1. The first-order valence-corrected chi connectivity index (χ1v) is 10.4. The van der Waals surface area contributed by atoms with Crippen molar-refractivity contribution < 1.29 is 22.7 Å². The number of carbonyl (C=O) groups excluding carboxylic acids is 1. The molecular weight excluding hydrogens is 392 g/mol. The molecule has 1 amide bonds. The molecule has 27 heavy (non-hydrogen) atoms. The molecule has 0 radical (unpaired) electrons. The Bertz CT molecular complexity index is 947. The quantitative estimate of drug-likeness (QED) is 0.819. The maximum absolute atomic E-state index is 12.7. The Kier molecular flexibility index (Phi) is 5.48. The normalized spacial score (nSPS) is 14.3. The zero-order valence-electron chi connectivity index (χ0n) is 14.8. The van der Waals surface area contributed by atoms with Gasteiger partial charge in [-0.05, 0) is 43.3 Å². The van der Waals surface area contributed by atoms with Crippen LogP contribution < -0.4 is 19.1 Å². The molecule has 0 bridgehead atoms. The average Bonchev–Trinajstić information content (AvgIpc) is 2.62. The summed E-state index contributed by atoms with van der Waals surface area (Å²) in [7, 11) is -3.70. The van der Waals surface area contributed by atoms with E-state index in [-0.39, 0.29) is 0 Å². The third-order valence-corrected chi connectivity index (χ3v) is 5.47. The highest BCUT2D eigenvalue weighted by atomic mass is 35.5. The number of carbonyl (C=O) groups is 1. The van der Waals surface area contributed by atoms with Gasteiger partial charge in [0, 0.05) is 16.8 Å². The van der Waals surface area contributed by atoms with Crippen LogP contribution in [0, 0.1) is 0 Å². The van der Waals surface area contributed by atoms with Crippen LogP contribution in [0.2, 0.25) is 5.02 Å². The molecule has 1 aliphatic rings. The second-order valence-corrected chi connectivity index (χ2v) is 8.35. The van der Waals surface area contributed by atoms with Crippen LogP contribution in [-0.4, -0.2) is 39.8 Å². The molecule has 0 aliphatic carbocycles. The van der Waals surface area contributed by atoms with Crippen molar-refractivity contribution in [3.8, 4) is 11.5 Å². The Morgan fingerprint density at radius 1 is 1.11 bits per heavy atom. The van der Waals surface area contributed by atoms with Crippen LogP contribution in [0.5, 0.6) is 11.5 Å². The number of hydrogen-bond donors (Lipinski definition) is 1. The number of rotatable bonds is 5. The second kappa shape index (κ2) is 7.66. The number of halogens is 1. The highest BCUT2D eigenvalue weighted by Crippen LogP contribution is 2.33. The molecular formula is C18H19ClN2O5S. The highest BCUT2D eigenvalue weighted by molar-refractivity contribution is 7.92. The summed E-state index contributed by atoms with van der Waals surface area (Å²) in [4.78, 5) is 12.7. The molecule has 1 unspecified atom stereocenters. The van der Waals surface area contributed by atoms with Crippen LogP contribution in [0.1, 0.15) is 6.92 Å². The molecule has 2 aromatic rings. The zero-order valence-corrected chi connectivity index (χ0v) is 16.4. The van der Waals surface area contributed by atoms with E-state index in [2.05, 4.69) is 5.32 Å². The van der Waals surface area contributed by atoms with Gasteiger partial charge in [0.15, 0.2) is 11.5 Å². The van der Waals surface area contributed by atoms with Gasteiger partial charge in [-0.15, -0.1) is 0 Å². The first-order valence-electron chi connectivity index (χ1n) is 8.21. The fraction of sp³-hybridized carbons (Fsp3) is 0.278. The molecule has 1 atom stereocenters. The van der Waals surface area contributed by atoms with Gasteiger partial charge in [-0.1, -0.05) is 11.6 Å². The van der Waals surface area contributed by atoms with Crippen LogP contribution >= 0.6 is 11.6 Å². The molecule has 0 saturated carbocycles. The van der Waals surface area contributed by atoms with Crippen molar-refractivity contribution in [3.63, 3.8) is 0 Å². The summed E-state index contributed by atoms with van der Waals surface area (Å²) < 4.78 is 36.6. The van der Waals surface area contributed by atoms with Crippen LogP contribution in [0.15, 0.2) is 42.5 Å². The molecule has 0 fully saturated rings. The Morgan fingerprint density at radius 3 is 2.37 bits per heavy atom. The fourth-order valence-electron chi connectivity index (χ4n) is 2.76. The van der Waals surface area contributed by atoms with Gasteiger partial charge < -0.3 is 14.8 Å². The lowest BCUT2D eigenvalue weighted by Gasteiger charge is -2.28. The largest absolute Gasteiger partial charge is 0.486 e. The molecule has 0 saturated heterocycles. The van der Waals surface area contributed by atoms with E-state index in [9.17, 15) is 13.2 Å². The van der Waals surface area contributed by atoms with E-state index < -0.39 is 22.0 Å². The minimum absolute atomic E-state index is 0.353. The molecule has 144 valence electrons. The SMILES string of the molecule is CC(C(=O)Nc1ccc2c(c1)OCCO2)N(c1ccc(Cl)cc1)S(C)(=O)=O. The Balaban J connectivity index is 1.82. The van der Waals surface area contributed by atoms with Crippen LogP contribution in [0.3, 0.4) is 0 Å². The third kappa shape index (κ3) is 4.45. The standard InChI is InChI=1S/C18H19ClN2O5S/c1-12(21(27(2,23)24)15-6-3-13(19)4-7-15)18(22)20-14-5-8-16-17(11-14)26-10-9-25-16/h3-8,11-12H,9-10H2,1-2H3,(H,20,22). The number of sulfonamides is 1. The van der Waals surface area contributed by atoms with E-state index in [1.807, 2.05) is 0 Å². The molecule has 1 aliphatic heterocycles. The number of fused-ring (bicyclic) bond motifs is 1. The topological polar surface area (TPSA) is 84.9 Å². The lowest BCUT2D eigenvalue weighted by atomic mass is 10.2. The lowest BCUT2D eigenvalue weighted by molar-refractivity contribution is -0.116. The Morgan fingerprint density at radius 2 is 1.74 bits per heavy atom. The van der Waals surface area contributed by atoms with Gasteiger partial charge in [-0.25, -0.2) is 8.42 Å². The smallest absolute Gasteiger partial charge is 0.247 e. The number of hydrogen-bond acceptors (Lipinski definition) is 5. The van der Waals surface area contributed by atoms with Gasteiger partial charge in [0.25, 0.3) is 0 Å². The van der Waals surface area contributed by atoms with Gasteiger partial charge >= 0.3 is 0 Å². The van der Waals surface area contributed by atoms with Crippen molar-refractivity contribution >= 4 is 38.9 Å². The predicted octanol–water partition coefficient (Wildman–Crippen LogP) is 2.90. The van der Waals surface area contributed by atoms with Crippen LogP contribution in [0.25, 0.3) is 0 Å². The molecule has 0 spiro atoms. The average molecular weight is 411 g/mol. The molecule has 1 N–H and O–H groups in total. The molecule has 0 aromatic heterocycles. The lowest BCUT2D eigenvalue weighted by Crippen LogP contribution is -2.45. The summed E-state index contributed by atoms with van der Waals surface area (Å²) in [6.45, 7) is 2.42. The fourth-order valence-corrected chi connectivity index (χ4v) is 4.07. The number of benzene rings is 2. The van der Waals surface area contributed by atoms with Crippen molar-refractivity contribution in [1.82, 2.24) is 0 Å². The van der Waals surface area contributed by atoms with Crippen molar-refractivity contribution in [2.75, 3.05) is 29.1 Å². The Hall–Kier alpha value is -2.45. The van der Waals surface area contributed by atoms with E-state index in [0.717, 1.165) is 10.6 Å². The number of ether oxygens (including phenoxy) is 2. The van der Waals surface area contributed by atoms with Crippen molar-refractivity contribution in [2.45, 2.75) is 13.0 Å². The maximum Gasteiger partial charge on any atom is 0.247 e. The first-order chi connectivity index (χ1) is 12.8. The van der Waals surface area contributed by atoms with Gasteiger partial charge in [0.05, 0.1) is 11.9 Å². The van der Waals surface area contributed by atoms with E-state index in [1.54, 1.807) is 42.5 Å². The van der Waals surface area contributed by atoms with E-state index in [1.165, 1.54) is 6.92 Å². The molecule has 2 aromatic carbocycles.